The van der Waals surface area contributed by atoms with Crippen molar-refractivity contribution in [1.82, 2.24) is 30.4 Å². The highest BCUT2D eigenvalue weighted by Gasteiger charge is 2.23. The summed E-state index contributed by atoms with van der Waals surface area (Å²) in [6.45, 7) is 12.2. The highest BCUT2D eigenvalue weighted by Crippen LogP contribution is 2.25. The van der Waals surface area contributed by atoms with E-state index in [-0.39, 0.29) is 11.7 Å². The minimum absolute atomic E-state index is 0.141. The van der Waals surface area contributed by atoms with Gasteiger partial charge in [-0.2, -0.15) is 0 Å². The molecule has 0 unspecified atom stereocenters. The number of rotatable bonds is 17. The van der Waals surface area contributed by atoms with Crippen molar-refractivity contribution >= 4 is 22.7 Å². The number of amides is 1. The van der Waals surface area contributed by atoms with Gasteiger partial charge >= 0.3 is 0 Å². The molecule has 1 aliphatic rings. The second-order valence-corrected chi connectivity index (χ2v) is 9.55. The summed E-state index contributed by atoms with van der Waals surface area (Å²) in [7, 11) is 3.90. The van der Waals surface area contributed by atoms with E-state index >= 15 is 0 Å². The molecule has 0 spiro atoms. The van der Waals surface area contributed by atoms with Crippen LogP contribution in [0.2, 0.25) is 0 Å². The zero-order chi connectivity index (χ0) is 28.5. The first-order valence-corrected chi connectivity index (χ1v) is 14.4. The molecule has 3 heterocycles. The molecule has 0 bridgehead atoms. The van der Waals surface area contributed by atoms with Crippen molar-refractivity contribution in [3.8, 4) is 0 Å². The van der Waals surface area contributed by atoms with E-state index in [1.54, 1.807) is 6.92 Å². The van der Waals surface area contributed by atoms with Gasteiger partial charge in [-0.05, 0) is 51.6 Å². The molecule has 0 aromatic carbocycles. The second kappa shape index (κ2) is 18.8. The van der Waals surface area contributed by atoms with Gasteiger partial charge in [0.05, 0.1) is 26.4 Å². The maximum atomic E-state index is 13.1. The lowest BCUT2D eigenvalue weighted by Crippen LogP contribution is -2.45. The number of piperidine rings is 1. The summed E-state index contributed by atoms with van der Waals surface area (Å²) in [5.74, 6) is 0.344. The number of aromatic nitrogens is 2. The Hall–Kier alpha value is -2.37. The maximum Gasteiger partial charge on any atom is 0.224 e. The molecule has 0 atom stereocenters. The van der Waals surface area contributed by atoms with Crippen LogP contribution in [0.5, 0.6) is 0 Å². The first-order chi connectivity index (χ1) is 19.0. The number of hydrogen-bond donors (Lipinski definition) is 3. The van der Waals surface area contributed by atoms with Gasteiger partial charge in [0.15, 0.2) is 0 Å². The maximum absolute atomic E-state index is 13.1. The number of nitrogens with zero attached hydrogens (tertiary/aromatic N) is 3. The van der Waals surface area contributed by atoms with Crippen LogP contribution in [-0.4, -0.2) is 92.3 Å². The van der Waals surface area contributed by atoms with E-state index in [2.05, 4.69) is 31.6 Å². The first-order valence-electron chi connectivity index (χ1n) is 14.4. The number of carbonyl (C=O) groups excluding carboxylic acids is 2. The van der Waals surface area contributed by atoms with Crippen molar-refractivity contribution in [2.45, 2.75) is 72.1 Å². The van der Waals surface area contributed by atoms with Gasteiger partial charge in [-0.15, -0.1) is 0 Å². The van der Waals surface area contributed by atoms with Crippen LogP contribution in [0.15, 0.2) is 18.3 Å². The van der Waals surface area contributed by atoms with Gasteiger partial charge in [0.2, 0.25) is 5.91 Å². The normalized spacial score (nSPS) is 13.9. The van der Waals surface area contributed by atoms with Gasteiger partial charge in [0.25, 0.3) is 0 Å². The molecule has 220 valence electrons. The summed E-state index contributed by atoms with van der Waals surface area (Å²) >= 11 is 0. The van der Waals surface area contributed by atoms with Crippen LogP contribution < -0.4 is 16.0 Å². The number of hydrogen-bond acceptors (Lipinski definition) is 8. The molecular weight excluding hydrogens is 496 g/mol. The summed E-state index contributed by atoms with van der Waals surface area (Å²) in [5, 5.41) is 11.2. The van der Waals surface area contributed by atoms with E-state index in [4.69, 9.17) is 9.47 Å². The molecule has 1 saturated heterocycles. The van der Waals surface area contributed by atoms with E-state index in [1.165, 1.54) is 11.3 Å². The summed E-state index contributed by atoms with van der Waals surface area (Å²) < 4.78 is 13.2. The Morgan fingerprint density at radius 2 is 1.69 bits per heavy atom. The minimum Gasteiger partial charge on any atom is -0.379 e. The van der Waals surface area contributed by atoms with Gasteiger partial charge in [0.1, 0.15) is 11.4 Å². The van der Waals surface area contributed by atoms with Crippen LogP contribution in [0.3, 0.4) is 0 Å². The zero-order valence-corrected chi connectivity index (χ0v) is 24.7. The number of ether oxygens (including phenoxy) is 2. The van der Waals surface area contributed by atoms with Crippen LogP contribution in [0.4, 0.5) is 0 Å². The molecular formula is C29H50N6O4. The molecule has 1 aliphatic heterocycles. The standard InChI is InChI=1S/C27H44N6O4.C2H6/c1-21(34)9-15-36-17-18-37-16-11-30-22-6-12-32(13-7-22)26(35)8-14-33-25(20-29-3)24(19-28-2)23-5-4-10-31-27(23)33;1-2/h4-5,10,22,28-30H,6-9,11-20H2,1-3H3;1-2H3. The number of carbonyl (C=O) groups is 2. The molecule has 3 N–H and O–H groups in total. The van der Waals surface area contributed by atoms with E-state index < -0.39 is 0 Å². The van der Waals surface area contributed by atoms with Gasteiger partial charge in [-0.3, -0.25) is 9.59 Å². The van der Waals surface area contributed by atoms with Gasteiger partial charge in [0, 0.05) is 75.4 Å². The molecule has 39 heavy (non-hydrogen) atoms. The topological polar surface area (TPSA) is 110 Å². The third-order valence-corrected chi connectivity index (χ3v) is 6.79. The zero-order valence-electron chi connectivity index (χ0n) is 24.7. The molecule has 1 amide bonds. The number of fused-ring (bicyclic) bond motifs is 1. The summed E-state index contributed by atoms with van der Waals surface area (Å²) in [5.41, 5.74) is 3.37. The third-order valence-electron chi connectivity index (χ3n) is 6.79. The summed E-state index contributed by atoms with van der Waals surface area (Å²) in [6.07, 6.45) is 4.64. The van der Waals surface area contributed by atoms with E-state index in [9.17, 15) is 9.59 Å². The van der Waals surface area contributed by atoms with Gasteiger partial charge < -0.3 is 34.9 Å². The van der Waals surface area contributed by atoms with Crippen LogP contribution >= 0.6 is 0 Å². The SMILES string of the molecule is CC.CNCc1c(CNC)n(CCC(=O)N2CCC(NCCOCCOCCC(C)=O)CC2)c2ncccc12. The summed E-state index contributed by atoms with van der Waals surface area (Å²) in [6, 6.07) is 4.49. The average Bonchev–Trinajstić information content (AvgIpc) is 3.24. The fourth-order valence-electron chi connectivity index (χ4n) is 4.85. The minimum atomic E-state index is 0.141. The van der Waals surface area contributed by atoms with Crippen LogP contribution in [0, 0.1) is 0 Å². The van der Waals surface area contributed by atoms with Crippen LogP contribution in [0.1, 0.15) is 57.7 Å². The lowest BCUT2D eigenvalue weighted by molar-refractivity contribution is -0.132. The molecule has 2 aromatic rings. The first kappa shape index (κ1) is 32.8. The summed E-state index contributed by atoms with van der Waals surface area (Å²) in [4.78, 5) is 30.6. The van der Waals surface area contributed by atoms with E-state index in [1.807, 2.05) is 45.1 Å². The largest absolute Gasteiger partial charge is 0.379 e. The Balaban J connectivity index is 0.00000260. The van der Waals surface area contributed by atoms with Crippen molar-refractivity contribution < 1.29 is 19.1 Å². The molecule has 1 fully saturated rings. The lowest BCUT2D eigenvalue weighted by atomic mass is 10.0. The molecule has 2 aromatic heterocycles. The van der Waals surface area contributed by atoms with Gasteiger partial charge in [-0.25, -0.2) is 4.98 Å². The number of Topliss-reactive ketones (excluding diaryl/α,β-unsaturated/α-hetero) is 1. The molecule has 0 radical (unpaired) electrons. The Kier molecular flexibility index (Phi) is 15.9. The molecule has 10 nitrogen and oxygen atoms in total. The highest BCUT2D eigenvalue weighted by molar-refractivity contribution is 5.83. The molecule has 0 saturated carbocycles. The highest BCUT2D eigenvalue weighted by atomic mass is 16.5. The van der Waals surface area contributed by atoms with Crippen molar-refractivity contribution in [2.75, 3.05) is 60.2 Å². The number of ketones is 1. The average molecular weight is 547 g/mol. The Labute approximate surface area is 234 Å². The predicted molar refractivity (Wildman–Crippen MR) is 156 cm³/mol. The van der Waals surface area contributed by atoms with E-state index in [0.717, 1.165) is 56.6 Å². The Bertz CT molecular complexity index is 988. The molecule has 3 rings (SSSR count). The number of likely N-dealkylation sites (tertiary alicyclic amines) is 1. The monoisotopic (exact) mass is 546 g/mol. The molecule has 0 aliphatic carbocycles. The predicted octanol–water partition coefficient (Wildman–Crippen LogP) is 2.48. The third kappa shape index (κ3) is 10.6. The fourth-order valence-corrected chi connectivity index (χ4v) is 4.85. The van der Waals surface area contributed by atoms with Crippen molar-refractivity contribution in [2.24, 2.45) is 0 Å². The quantitative estimate of drug-likeness (QED) is 0.260. The Morgan fingerprint density at radius 1 is 1.00 bits per heavy atom. The molecule has 10 heteroatoms. The smallest absolute Gasteiger partial charge is 0.224 e. The second-order valence-electron chi connectivity index (χ2n) is 9.55. The van der Waals surface area contributed by atoms with Crippen molar-refractivity contribution in [3.05, 3.63) is 29.6 Å². The van der Waals surface area contributed by atoms with Gasteiger partial charge in [-0.1, -0.05) is 13.8 Å². The number of nitrogens with one attached hydrogen (secondary N) is 3. The van der Waals surface area contributed by atoms with Crippen LogP contribution in [-0.2, 0) is 38.7 Å². The van der Waals surface area contributed by atoms with E-state index in [0.29, 0.717) is 51.9 Å². The number of pyridine rings is 1. The van der Waals surface area contributed by atoms with Crippen molar-refractivity contribution in [1.29, 1.82) is 0 Å². The Morgan fingerprint density at radius 3 is 2.36 bits per heavy atom. The number of aryl methyl sites for hydroxylation is 1. The van der Waals surface area contributed by atoms with Crippen LogP contribution in [0.25, 0.3) is 11.0 Å². The fraction of sp³-hybridized carbons (Fsp3) is 0.690. The van der Waals surface area contributed by atoms with Crippen molar-refractivity contribution in [3.63, 3.8) is 0 Å². The lowest BCUT2D eigenvalue weighted by Gasteiger charge is -2.32.